The summed E-state index contributed by atoms with van der Waals surface area (Å²) < 4.78 is 10.7. The topological polar surface area (TPSA) is 87.1 Å². The molecule has 0 aliphatic heterocycles. The van der Waals surface area contributed by atoms with E-state index < -0.39 is 0 Å². The molecule has 2 N–H and O–H groups in total. The van der Waals surface area contributed by atoms with Crippen molar-refractivity contribution in [1.29, 1.82) is 0 Å². The van der Waals surface area contributed by atoms with E-state index in [1.807, 2.05) is 35.7 Å². The lowest BCUT2D eigenvalue weighted by Gasteiger charge is -2.01. The average molecular weight is 288 g/mol. The van der Waals surface area contributed by atoms with Gasteiger partial charge in [0.05, 0.1) is 12.1 Å². The van der Waals surface area contributed by atoms with E-state index in [1.165, 1.54) is 11.3 Å². The first kappa shape index (κ1) is 12.6. The molecular weight excluding hydrogens is 276 g/mol. The third-order valence-electron chi connectivity index (χ3n) is 2.52. The van der Waals surface area contributed by atoms with E-state index in [-0.39, 0.29) is 6.61 Å². The van der Waals surface area contributed by atoms with E-state index in [4.69, 9.17) is 15.0 Å². The predicted molar refractivity (Wildman–Crippen MR) is 74.4 cm³/mol. The van der Waals surface area contributed by atoms with Crippen molar-refractivity contribution in [2.75, 3.05) is 5.73 Å². The van der Waals surface area contributed by atoms with Gasteiger partial charge in [0.2, 0.25) is 11.7 Å². The van der Waals surface area contributed by atoms with Gasteiger partial charge in [-0.05, 0) is 12.1 Å². The molecule has 0 spiro atoms. The average Bonchev–Trinajstić information content (AvgIpc) is 3.08. The minimum absolute atomic E-state index is 0.271. The zero-order valence-electron chi connectivity index (χ0n) is 10.5. The smallest absolute Gasteiger partial charge is 0.232 e. The Labute approximate surface area is 119 Å². The minimum atomic E-state index is 0.271. The summed E-state index contributed by atoms with van der Waals surface area (Å²) in [5.74, 6) is 1.78. The Morgan fingerprint density at radius 1 is 1.20 bits per heavy atom. The maximum absolute atomic E-state index is 5.57. The molecule has 7 heteroatoms. The zero-order chi connectivity index (χ0) is 13.8. The summed E-state index contributed by atoms with van der Waals surface area (Å²) in [4.78, 5) is 8.40. The van der Waals surface area contributed by atoms with Gasteiger partial charge in [0.1, 0.15) is 5.75 Å². The fourth-order valence-corrected chi connectivity index (χ4v) is 2.21. The summed E-state index contributed by atoms with van der Waals surface area (Å²) in [6.07, 6.45) is 0.478. The Kier molecular flexibility index (Phi) is 3.60. The van der Waals surface area contributed by atoms with Crippen LogP contribution >= 0.6 is 11.3 Å². The van der Waals surface area contributed by atoms with Gasteiger partial charge < -0.3 is 15.0 Å². The quantitative estimate of drug-likeness (QED) is 0.775. The normalized spacial score (nSPS) is 10.6. The van der Waals surface area contributed by atoms with Crippen LogP contribution < -0.4 is 10.5 Å². The molecule has 2 aromatic heterocycles. The molecule has 3 rings (SSSR count). The fourth-order valence-electron chi connectivity index (χ4n) is 1.64. The summed E-state index contributed by atoms with van der Waals surface area (Å²) in [6, 6.07) is 9.49. The van der Waals surface area contributed by atoms with Gasteiger partial charge in [-0.1, -0.05) is 23.4 Å². The second kappa shape index (κ2) is 5.70. The van der Waals surface area contributed by atoms with Crippen LogP contribution in [-0.2, 0) is 13.0 Å². The van der Waals surface area contributed by atoms with Crippen molar-refractivity contribution < 1.29 is 9.26 Å². The molecule has 2 heterocycles. The maximum Gasteiger partial charge on any atom is 0.232 e. The lowest BCUT2D eigenvalue weighted by atomic mass is 10.3. The van der Waals surface area contributed by atoms with Gasteiger partial charge in [-0.3, -0.25) is 0 Å². The first-order valence-corrected chi connectivity index (χ1v) is 6.87. The minimum Gasteiger partial charge on any atom is -0.485 e. The molecule has 1 aromatic carbocycles. The van der Waals surface area contributed by atoms with Gasteiger partial charge in [0, 0.05) is 5.38 Å². The van der Waals surface area contributed by atoms with E-state index in [9.17, 15) is 0 Å². The Bertz CT molecular complexity index is 681. The van der Waals surface area contributed by atoms with Crippen LogP contribution in [0.3, 0.4) is 0 Å². The molecule has 0 amide bonds. The number of para-hydroxylation sites is 1. The largest absolute Gasteiger partial charge is 0.485 e. The summed E-state index contributed by atoms with van der Waals surface area (Å²) >= 11 is 1.39. The number of anilines is 1. The van der Waals surface area contributed by atoms with Gasteiger partial charge in [-0.25, -0.2) is 4.98 Å². The molecule has 0 saturated heterocycles. The first-order chi connectivity index (χ1) is 9.79. The van der Waals surface area contributed by atoms with Gasteiger partial charge in [0.15, 0.2) is 11.7 Å². The molecule has 0 radical (unpaired) electrons. The van der Waals surface area contributed by atoms with Crippen LogP contribution in [0.4, 0.5) is 5.13 Å². The first-order valence-electron chi connectivity index (χ1n) is 5.99. The predicted octanol–water partition coefficient (Wildman–Crippen LogP) is 2.28. The van der Waals surface area contributed by atoms with E-state index in [0.717, 1.165) is 11.4 Å². The molecule has 20 heavy (non-hydrogen) atoms. The van der Waals surface area contributed by atoms with Crippen molar-refractivity contribution in [2.45, 2.75) is 13.0 Å². The second-order valence-electron chi connectivity index (χ2n) is 4.06. The number of nitrogens with two attached hydrogens (primary N) is 1. The van der Waals surface area contributed by atoms with Gasteiger partial charge in [-0.15, -0.1) is 11.3 Å². The molecule has 3 aromatic rings. The highest BCUT2D eigenvalue weighted by Crippen LogP contribution is 2.15. The molecule has 0 bridgehead atoms. The lowest BCUT2D eigenvalue weighted by Crippen LogP contribution is -1.98. The Hall–Kier alpha value is -2.41. The fraction of sp³-hybridized carbons (Fsp3) is 0.154. The van der Waals surface area contributed by atoms with Gasteiger partial charge >= 0.3 is 0 Å². The summed E-state index contributed by atoms with van der Waals surface area (Å²) in [5, 5.41) is 6.28. The van der Waals surface area contributed by atoms with E-state index in [0.29, 0.717) is 23.3 Å². The number of nitrogen functional groups attached to an aromatic ring is 1. The van der Waals surface area contributed by atoms with Crippen molar-refractivity contribution in [2.24, 2.45) is 0 Å². The Balaban J connectivity index is 1.59. The Morgan fingerprint density at radius 2 is 2.05 bits per heavy atom. The molecular formula is C13H12N4O2S. The number of aromatic nitrogens is 3. The van der Waals surface area contributed by atoms with Crippen molar-refractivity contribution in [3.05, 3.63) is 53.1 Å². The highest BCUT2D eigenvalue weighted by atomic mass is 32.1. The highest BCUT2D eigenvalue weighted by molar-refractivity contribution is 7.13. The summed E-state index contributed by atoms with van der Waals surface area (Å²) in [5.41, 5.74) is 6.40. The van der Waals surface area contributed by atoms with Crippen LogP contribution in [0.2, 0.25) is 0 Å². The van der Waals surface area contributed by atoms with Crippen molar-refractivity contribution in [1.82, 2.24) is 15.1 Å². The molecule has 0 aliphatic carbocycles. The number of rotatable bonds is 5. The Morgan fingerprint density at radius 3 is 2.80 bits per heavy atom. The molecule has 6 nitrogen and oxygen atoms in total. The number of ether oxygens (including phenoxy) is 1. The molecule has 0 fully saturated rings. The van der Waals surface area contributed by atoms with E-state index in [2.05, 4.69) is 15.1 Å². The van der Waals surface area contributed by atoms with Crippen LogP contribution in [0.1, 0.15) is 17.4 Å². The molecule has 0 unspecified atom stereocenters. The zero-order valence-corrected chi connectivity index (χ0v) is 11.3. The van der Waals surface area contributed by atoms with Crippen molar-refractivity contribution in [3.8, 4) is 5.75 Å². The number of hydrogen-bond acceptors (Lipinski definition) is 7. The van der Waals surface area contributed by atoms with Crippen molar-refractivity contribution in [3.63, 3.8) is 0 Å². The number of thiazole rings is 1. The van der Waals surface area contributed by atoms with Crippen LogP contribution in [0.25, 0.3) is 0 Å². The van der Waals surface area contributed by atoms with Crippen LogP contribution in [0.5, 0.6) is 5.75 Å². The van der Waals surface area contributed by atoms with E-state index in [1.54, 1.807) is 0 Å². The van der Waals surface area contributed by atoms with Crippen LogP contribution in [0.15, 0.2) is 40.2 Å². The third-order valence-corrected chi connectivity index (χ3v) is 3.25. The van der Waals surface area contributed by atoms with Gasteiger partial charge in [0.25, 0.3) is 0 Å². The molecule has 0 atom stereocenters. The van der Waals surface area contributed by atoms with Gasteiger partial charge in [-0.2, -0.15) is 4.98 Å². The van der Waals surface area contributed by atoms with E-state index >= 15 is 0 Å². The molecule has 0 aliphatic rings. The third kappa shape index (κ3) is 3.12. The SMILES string of the molecule is Nc1nc(Cc2nc(COc3ccccc3)no2)cs1. The maximum atomic E-state index is 5.57. The highest BCUT2D eigenvalue weighted by Gasteiger charge is 2.09. The van der Waals surface area contributed by atoms with Crippen LogP contribution in [0, 0.1) is 0 Å². The summed E-state index contributed by atoms with van der Waals surface area (Å²) in [6.45, 7) is 0.271. The number of hydrogen-bond donors (Lipinski definition) is 1. The number of nitrogens with zero attached hydrogens (tertiary/aromatic N) is 3. The summed E-state index contributed by atoms with van der Waals surface area (Å²) in [7, 11) is 0. The second-order valence-corrected chi connectivity index (χ2v) is 4.95. The molecule has 0 saturated carbocycles. The molecule has 102 valence electrons. The van der Waals surface area contributed by atoms with Crippen molar-refractivity contribution >= 4 is 16.5 Å². The lowest BCUT2D eigenvalue weighted by molar-refractivity contribution is 0.285. The monoisotopic (exact) mass is 288 g/mol. The standard InChI is InChI=1S/C13H12N4O2S/c14-13-15-9(8-20-13)6-12-16-11(17-19-12)7-18-10-4-2-1-3-5-10/h1-5,8H,6-7H2,(H2,14,15). The number of benzene rings is 1. The van der Waals surface area contributed by atoms with Crippen LogP contribution in [-0.4, -0.2) is 15.1 Å².